The van der Waals surface area contributed by atoms with Gasteiger partial charge in [-0.05, 0) is 43.7 Å². The lowest BCUT2D eigenvalue weighted by molar-refractivity contribution is -0.135. The molecule has 110 valence electrons. The fourth-order valence-corrected chi connectivity index (χ4v) is 3.60. The van der Waals surface area contributed by atoms with Gasteiger partial charge in [0.05, 0.1) is 4.90 Å². The van der Waals surface area contributed by atoms with Crippen LogP contribution in [0.2, 0.25) is 0 Å². The van der Waals surface area contributed by atoms with Crippen molar-refractivity contribution in [2.24, 2.45) is 5.92 Å². The zero-order chi connectivity index (χ0) is 14.4. The highest BCUT2D eigenvalue weighted by atomic mass is 32.2. The number of carbonyl (C=O) groups is 1. The summed E-state index contributed by atoms with van der Waals surface area (Å²) in [6.45, 7) is 0.925. The molecule has 0 aromatic heterocycles. The molecule has 1 fully saturated rings. The van der Waals surface area contributed by atoms with E-state index < -0.39 is 10.0 Å². The average Bonchev–Trinajstić information content (AvgIpc) is 2.48. The zero-order valence-corrected chi connectivity index (χ0v) is 12.0. The first-order chi connectivity index (χ1) is 9.62. The van der Waals surface area contributed by atoms with E-state index >= 15 is 0 Å². The van der Waals surface area contributed by atoms with Crippen molar-refractivity contribution >= 4 is 16.5 Å². The first kappa shape index (κ1) is 15.0. The molecule has 5 nitrogen and oxygen atoms in total. The number of ether oxygens (including phenoxy) is 1. The quantitative estimate of drug-likeness (QED) is 0.811. The normalized spacial score (nSPS) is 23.2. The molecule has 0 amide bonds. The van der Waals surface area contributed by atoms with Crippen LogP contribution in [-0.2, 0) is 19.6 Å². The van der Waals surface area contributed by atoms with Gasteiger partial charge in [0.25, 0.3) is 6.47 Å². The van der Waals surface area contributed by atoms with Gasteiger partial charge in [0.2, 0.25) is 10.0 Å². The third-order valence-electron chi connectivity index (χ3n) is 3.66. The SMILES string of the molecule is O=COC1CCC(CNS(=O)(=O)c2ccccc2)CC1. The smallest absolute Gasteiger partial charge is 0.293 e. The predicted molar refractivity (Wildman–Crippen MR) is 74.5 cm³/mol. The Balaban J connectivity index is 1.83. The van der Waals surface area contributed by atoms with Crippen molar-refractivity contribution in [1.29, 1.82) is 0 Å². The van der Waals surface area contributed by atoms with Crippen LogP contribution < -0.4 is 4.72 Å². The van der Waals surface area contributed by atoms with Crippen LogP contribution in [0.3, 0.4) is 0 Å². The number of nitrogens with one attached hydrogen (secondary N) is 1. The van der Waals surface area contributed by atoms with Gasteiger partial charge in [-0.3, -0.25) is 4.79 Å². The minimum Gasteiger partial charge on any atom is -0.465 e. The number of benzene rings is 1. The molecule has 0 unspecified atom stereocenters. The molecule has 1 N–H and O–H groups in total. The molecular weight excluding hydrogens is 278 g/mol. The maximum atomic E-state index is 12.1. The van der Waals surface area contributed by atoms with Crippen LogP contribution in [0.5, 0.6) is 0 Å². The molecule has 1 aliphatic carbocycles. The van der Waals surface area contributed by atoms with Crippen molar-refractivity contribution in [3.8, 4) is 0 Å². The van der Waals surface area contributed by atoms with E-state index in [1.54, 1.807) is 30.3 Å². The van der Waals surface area contributed by atoms with Crippen LogP contribution in [0.15, 0.2) is 35.2 Å². The van der Waals surface area contributed by atoms with Crippen molar-refractivity contribution in [2.45, 2.75) is 36.7 Å². The Morgan fingerprint density at radius 2 is 1.80 bits per heavy atom. The summed E-state index contributed by atoms with van der Waals surface area (Å²) >= 11 is 0. The van der Waals surface area contributed by atoms with E-state index in [2.05, 4.69) is 4.72 Å². The molecular formula is C14H19NO4S. The summed E-state index contributed by atoms with van der Waals surface area (Å²) in [5, 5.41) is 0. The van der Waals surface area contributed by atoms with Crippen LogP contribution >= 0.6 is 0 Å². The minimum atomic E-state index is -3.42. The Morgan fingerprint density at radius 3 is 2.40 bits per heavy atom. The molecule has 20 heavy (non-hydrogen) atoms. The standard InChI is InChI=1S/C14H19NO4S/c16-11-19-13-8-6-12(7-9-13)10-15-20(17,18)14-4-2-1-3-5-14/h1-5,11-13,15H,6-10H2. The Morgan fingerprint density at radius 1 is 1.15 bits per heavy atom. The number of hydrogen-bond donors (Lipinski definition) is 1. The number of rotatable bonds is 6. The van der Waals surface area contributed by atoms with Crippen LogP contribution in [0.1, 0.15) is 25.7 Å². The molecule has 2 rings (SSSR count). The molecule has 0 heterocycles. The Hall–Kier alpha value is -1.40. The summed E-state index contributed by atoms with van der Waals surface area (Å²) in [5.74, 6) is 0.306. The van der Waals surface area contributed by atoms with Crippen molar-refractivity contribution in [1.82, 2.24) is 4.72 Å². The van der Waals surface area contributed by atoms with Gasteiger partial charge in [-0.1, -0.05) is 18.2 Å². The molecule has 0 atom stereocenters. The second kappa shape index (κ2) is 6.85. The fourth-order valence-electron chi connectivity index (χ4n) is 2.46. The molecule has 1 aromatic rings. The Kier molecular flexibility index (Phi) is 5.14. The second-order valence-corrected chi connectivity index (χ2v) is 6.81. The minimum absolute atomic E-state index is 0.00511. The highest BCUT2D eigenvalue weighted by molar-refractivity contribution is 7.89. The highest BCUT2D eigenvalue weighted by Gasteiger charge is 2.23. The fraction of sp³-hybridized carbons (Fsp3) is 0.500. The summed E-state index contributed by atoms with van der Waals surface area (Å²) in [6.07, 6.45) is 3.34. The average molecular weight is 297 g/mol. The molecule has 0 aliphatic heterocycles. The number of hydrogen-bond acceptors (Lipinski definition) is 4. The topological polar surface area (TPSA) is 72.5 Å². The van der Waals surface area contributed by atoms with Gasteiger partial charge in [0.1, 0.15) is 6.10 Å². The molecule has 0 radical (unpaired) electrons. The maximum absolute atomic E-state index is 12.1. The van der Waals surface area contributed by atoms with E-state index in [1.807, 2.05) is 0 Å². The van der Waals surface area contributed by atoms with Gasteiger partial charge in [0.15, 0.2) is 0 Å². The monoisotopic (exact) mass is 297 g/mol. The molecule has 6 heteroatoms. The second-order valence-electron chi connectivity index (χ2n) is 5.04. The van der Waals surface area contributed by atoms with E-state index in [0.717, 1.165) is 25.7 Å². The van der Waals surface area contributed by atoms with Gasteiger partial charge >= 0.3 is 0 Å². The summed E-state index contributed by atoms with van der Waals surface area (Å²) in [6, 6.07) is 8.36. The van der Waals surface area contributed by atoms with E-state index in [0.29, 0.717) is 18.9 Å². The van der Waals surface area contributed by atoms with Gasteiger partial charge < -0.3 is 4.74 Å². The Bertz CT molecular complexity index is 521. The molecule has 0 bridgehead atoms. The van der Waals surface area contributed by atoms with E-state index in [4.69, 9.17) is 4.74 Å². The van der Waals surface area contributed by atoms with Crippen LogP contribution in [0, 0.1) is 5.92 Å². The van der Waals surface area contributed by atoms with Crippen LogP contribution in [0.25, 0.3) is 0 Å². The van der Waals surface area contributed by atoms with Gasteiger partial charge in [-0.25, -0.2) is 13.1 Å². The molecule has 1 aliphatic rings. The summed E-state index contributed by atoms with van der Waals surface area (Å²) in [5.41, 5.74) is 0. The molecule has 1 saturated carbocycles. The zero-order valence-electron chi connectivity index (χ0n) is 11.2. The largest absolute Gasteiger partial charge is 0.465 e. The first-order valence-electron chi connectivity index (χ1n) is 6.75. The van der Waals surface area contributed by atoms with Crippen molar-refractivity contribution < 1.29 is 17.9 Å². The van der Waals surface area contributed by atoms with Crippen molar-refractivity contribution in [2.75, 3.05) is 6.54 Å². The van der Waals surface area contributed by atoms with E-state index in [-0.39, 0.29) is 11.0 Å². The lowest BCUT2D eigenvalue weighted by atomic mass is 9.87. The predicted octanol–water partition coefficient (Wildman–Crippen LogP) is 1.70. The van der Waals surface area contributed by atoms with E-state index in [9.17, 15) is 13.2 Å². The third kappa shape index (κ3) is 4.05. The van der Waals surface area contributed by atoms with Gasteiger partial charge in [-0.2, -0.15) is 0 Å². The van der Waals surface area contributed by atoms with Crippen molar-refractivity contribution in [3.63, 3.8) is 0 Å². The van der Waals surface area contributed by atoms with Crippen LogP contribution in [-0.4, -0.2) is 27.5 Å². The lowest BCUT2D eigenvalue weighted by Gasteiger charge is -2.27. The molecule has 1 aromatic carbocycles. The highest BCUT2D eigenvalue weighted by Crippen LogP contribution is 2.25. The lowest BCUT2D eigenvalue weighted by Crippen LogP contribution is -2.32. The third-order valence-corrected chi connectivity index (χ3v) is 5.10. The number of sulfonamides is 1. The van der Waals surface area contributed by atoms with Crippen molar-refractivity contribution in [3.05, 3.63) is 30.3 Å². The molecule has 0 saturated heterocycles. The summed E-state index contributed by atoms with van der Waals surface area (Å²) in [4.78, 5) is 10.5. The van der Waals surface area contributed by atoms with E-state index in [1.165, 1.54) is 0 Å². The Labute approximate surface area is 119 Å². The number of carbonyl (C=O) groups excluding carboxylic acids is 1. The summed E-state index contributed by atoms with van der Waals surface area (Å²) in [7, 11) is -3.42. The molecule has 0 spiro atoms. The maximum Gasteiger partial charge on any atom is 0.293 e. The summed E-state index contributed by atoms with van der Waals surface area (Å²) < 4.78 is 31.7. The van der Waals surface area contributed by atoms with Gasteiger partial charge in [-0.15, -0.1) is 0 Å². The first-order valence-corrected chi connectivity index (χ1v) is 8.24. The van der Waals surface area contributed by atoms with Crippen LogP contribution in [0.4, 0.5) is 0 Å². The van der Waals surface area contributed by atoms with Gasteiger partial charge in [0, 0.05) is 6.54 Å².